The number of anilines is 1. The molecule has 1 fully saturated rings. The van der Waals surface area contributed by atoms with Crippen LogP contribution < -0.4 is 11.0 Å². The van der Waals surface area contributed by atoms with Gasteiger partial charge in [0, 0.05) is 13.1 Å². The Morgan fingerprint density at radius 1 is 1.33 bits per heavy atom. The van der Waals surface area contributed by atoms with Crippen molar-refractivity contribution >= 4 is 11.7 Å². The number of hydrogen-bond acceptors (Lipinski definition) is 7. The molecule has 1 aliphatic rings. The van der Waals surface area contributed by atoms with E-state index < -0.39 is 36.8 Å². The number of hydrogen-bond donors (Lipinski definition) is 3. The summed E-state index contributed by atoms with van der Waals surface area (Å²) in [6.07, 6.45) is -2.46. The number of nitrogens with zero attached hydrogens (tertiary/aromatic N) is 2. The summed E-state index contributed by atoms with van der Waals surface area (Å²) in [6, 6.07) is 10.8. The Labute approximate surface area is 155 Å². The lowest BCUT2D eigenvalue weighted by atomic mass is 10.1. The van der Waals surface area contributed by atoms with E-state index in [-0.39, 0.29) is 18.3 Å². The first kappa shape index (κ1) is 19.2. The zero-order valence-corrected chi connectivity index (χ0v) is 14.7. The van der Waals surface area contributed by atoms with E-state index in [1.165, 1.54) is 23.8 Å². The molecule has 4 atom stereocenters. The lowest BCUT2D eigenvalue weighted by molar-refractivity contribution is -0.114. The molecule has 3 N–H and O–H groups in total. The largest absolute Gasteiger partial charge is 0.394 e. The minimum absolute atomic E-state index is 0.114. The van der Waals surface area contributed by atoms with Crippen LogP contribution in [0.25, 0.3) is 0 Å². The molecule has 0 spiro atoms. The summed E-state index contributed by atoms with van der Waals surface area (Å²) in [5.41, 5.74) is 0.215. The first-order chi connectivity index (χ1) is 13.0. The number of rotatable bonds is 6. The maximum atomic E-state index is 12.4. The van der Waals surface area contributed by atoms with Gasteiger partial charge in [-0.15, -0.1) is 0 Å². The number of aliphatic hydroxyl groups is 2. The number of aromatic nitrogens is 2. The van der Waals surface area contributed by atoms with E-state index in [1.807, 2.05) is 30.3 Å². The van der Waals surface area contributed by atoms with Crippen LogP contribution in [0.1, 0.15) is 18.7 Å². The third kappa shape index (κ3) is 4.40. The zero-order valence-electron chi connectivity index (χ0n) is 14.7. The Morgan fingerprint density at radius 3 is 2.70 bits per heavy atom. The molecule has 1 aliphatic heterocycles. The van der Waals surface area contributed by atoms with Crippen molar-refractivity contribution in [2.24, 2.45) is 0 Å². The van der Waals surface area contributed by atoms with Crippen molar-refractivity contribution in [2.75, 3.05) is 11.9 Å². The van der Waals surface area contributed by atoms with Crippen LogP contribution in [0.5, 0.6) is 0 Å². The summed E-state index contributed by atoms with van der Waals surface area (Å²) in [6.45, 7) is 1.09. The first-order valence-corrected chi connectivity index (χ1v) is 8.46. The minimum atomic E-state index is -1.12. The van der Waals surface area contributed by atoms with E-state index >= 15 is 0 Å². The number of aliphatic hydroxyl groups excluding tert-OH is 2. The second-order valence-corrected chi connectivity index (χ2v) is 6.18. The van der Waals surface area contributed by atoms with Gasteiger partial charge in [0.25, 0.3) is 0 Å². The third-order valence-electron chi connectivity index (χ3n) is 4.19. The van der Waals surface area contributed by atoms with Crippen LogP contribution in [0.15, 0.2) is 47.4 Å². The molecule has 9 nitrogen and oxygen atoms in total. The predicted octanol–water partition coefficient (Wildman–Crippen LogP) is 0.0377. The number of benzene rings is 1. The van der Waals surface area contributed by atoms with Gasteiger partial charge in [0.15, 0.2) is 6.23 Å². The number of amides is 1. The van der Waals surface area contributed by atoms with E-state index in [2.05, 4.69) is 10.3 Å². The molecule has 3 rings (SSSR count). The van der Waals surface area contributed by atoms with Gasteiger partial charge in [0.05, 0.1) is 13.2 Å². The summed E-state index contributed by atoms with van der Waals surface area (Å²) in [4.78, 5) is 27.2. The van der Waals surface area contributed by atoms with Gasteiger partial charge in [-0.3, -0.25) is 9.36 Å². The first-order valence-electron chi connectivity index (χ1n) is 8.46. The quantitative estimate of drug-likeness (QED) is 0.651. The summed E-state index contributed by atoms with van der Waals surface area (Å²) < 4.78 is 12.6. The van der Waals surface area contributed by atoms with Crippen molar-refractivity contribution in [2.45, 2.75) is 38.1 Å². The van der Waals surface area contributed by atoms with Gasteiger partial charge in [-0.25, -0.2) is 4.79 Å². The van der Waals surface area contributed by atoms with E-state index in [1.54, 1.807) is 0 Å². The van der Waals surface area contributed by atoms with Crippen molar-refractivity contribution in [3.05, 3.63) is 58.6 Å². The Morgan fingerprint density at radius 2 is 2.07 bits per heavy atom. The van der Waals surface area contributed by atoms with E-state index in [9.17, 15) is 19.8 Å². The fourth-order valence-corrected chi connectivity index (χ4v) is 2.90. The SMILES string of the molecule is CC(=O)Nc1ccn([C@@H]2O[C@H](CO)[C@@H](O)[C@H]2OCc2ccccc2)c(=O)n1. The molecule has 2 aromatic rings. The lowest BCUT2D eigenvalue weighted by Gasteiger charge is -2.22. The Hall–Kier alpha value is -2.59. The highest BCUT2D eigenvalue weighted by molar-refractivity contribution is 5.87. The van der Waals surface area contributed by atoms with Crippen molar-refractivity contribution in [1.29, 1.82) is 0 Å². The number of ether oxygens (including phenoxy) is 2. The summed E-state index contributed by atoms with van der Waals surface area (Å²) in [5, 5.41) is 22.3. The zero-order chi connectivity index (χ0) is 19.4. The summed E-state index contributed by atoms with van der Waals surface area (Å²) in [5.74, 6) is -0.237. The third-order valence-corrected chi connectivity index (χ3v) is 4.19. The average Bonchev–Trinajstić information content (AvgIpc) is 2.96. The highest BCUT2D eigenvalue weighted by Crippen LogP contribution is 2.31. The van der Waals surface area contributed by atoms with Crippen LogP contribution in [0.2, 0.25) is 0 Å². The Balaban J connectivity index is 1.82. The molecule has 0 unspecified atom stereocenters. The molecule has 27 heavy (non-hydrogen) atoms. The number of carbonyl (C=O) groups excluding carboxylic acids is 1. The van der Waals surface area contributed by atoms with E-state index in [0.29, 0.717) is 0 Å². The maximum absolute atomic E-state index is 12.4. The molecule has 1 saturated heterocycles. The van der Waals surface area contributed by atoms with Crippen LogP contribution in [-0.4, -0.2) is 50.6 Å². The van der Waals surface area contributed by atoms with E-state index in [4.69, 9.17) is 9.47 Å². The topological polar surface area (TPSA) is 123 Å². The lowest BCUT2D eigenvalue weighted by Crippen LogP contribution is -2.38. The molecular formula is C18H21N3O6. The molecule has 0 aliphatic carbocycles. The predicted molar refractivity (Wildman–Crippen MR) is 94.8 cm³/mol. The molecule has 144 valence electrons. The van der Waals surface area contributed by atoms with Crippen molar-refractivity contribution in [3.8, 4) is 0 Å². The second-order valence-electron chi connectivity index (χ2n) is 6.18. The molecule has 9 heteroatoms. The van der Waals surface area contributed by atoms with Gasteiger partial charge in [0.2, 0.25) is 5.91 Å². The summed E-state index contributed by atoms with van der Waals surface area (Å²) in [7, 11) is 0. The monoisotopic (exact) mass is 375 g/mol. The van der Waals surface area contributed by atoms with Gasteiger partial charge in [-0.05, 0) is 11.6 Å². The molecule has 1 aromatic carbocycles. The second kappa shape index (κ2) is 8.40. The highest BCUT2D eigenvalue weighted by atomic mass is 16.6. The van der Waals surface area contributed by atoms with Crippen molar-refractivity contribution in [1.82, 2.24) is 9.55 Å². The highest BCUT2D eigenvalue weighted by Gasteiger charge is 2.45. The summed E-state index contributed by atoms with van der Waals surface area (Å²) >= 11 is 0. The van der Waals surface area contributed by atoms with Gasteiger partial charge >= 0.3 is 5.69 Å². The standard InChI is InChI=1S/C18H21N3O6/c1-11(23)19-14-7-8-21(18(25)20-14)17-16(15(24)13(9-22)27-17)26-10-12-5-3-2-4-6-12/h2-8,13,15-17,22,24H,9-10H2,1H3,(H,19,20,23,25)/t13-,15-,16-,17-/m1/s1. The van der Waals surface area contributed by atoms with Crippen LogP contribution in [0.3, 0.4) is 0 Å². The Kier molecular flexibility index (Phi) is 5.97. The minimum Gasteiger partial charge on any atom is -0.394 e. The number of nitrogens with one attached hydrogen (secondary N) is 1. The van der Waals surface area contributed by atoms with Gasteiger partial charge < -0.3 is 25.0 Å². The average molecular weight is 375 g/mol. The fourth-order valence-electron chi connectivity index (χ4n) is 2.90. The fraction of sp³-hybridized carbons (Fsp3) is 0.389. The van der Waals surface area contributed by atoms with Crippen LogP contribution in [0, 0.1) is 0 Å². The van der Waals surface area contributed by atoms with Crippen molar-refractivity contribution in [3.63, 3.8) is 0 Å². The van der Waals surface area contributed by atoms with Crippen molar-refractivity contribution < 1.29 is 24.5 Å². The molecule has 0 radical (unpaired) electrons. The van der Waals surface area contributed by atoms with Gasteiger partial charge in [0.1, 0.15) is 24.1 Å². The maximum Gasteiger partial charge on any atom is 0.351 e. The molecule has 0 saturated carbocycles. The van der Waals surface area contributed by atoms with Crippen LogP contribution in [-0.2, 0) is 20.9 Å². The molecule has 0 bridgehead atoms. The van der Waals surface area contributed by atoms with Gasteiger partial charge in [-0.1, -0.05) is 30.3 Å². The number of carbonyl (C=O) groups is 1. The Bertz CT molecular complexity index is 840. The molecule has 1 amide bonds. The molecule has 2 heterocycles. The van der Waals surface area contributed by atoms with Crippen LogP contribution >= 0.6 is 0 Å². The van der Waals surface area contributed by atoms with Crippen LogP contribution in [0.4, 0.5) is 5.82 Å². The molecule has 1 aromatic heterocycles. The van der Waals surface area contributed by atoms with Gasteiger partial charge in [-0.2, -0.15) is 4.98 Å². The molecular weight excluding hydrogens is 354 g/mol. The normalized spacial score (nSPS) is 24.7. The van der Waals surface area contributed by atoms with E-state index in [0.717, 1.165) is 5.56 Å². The smallest absolute Gasteiger partial charge is 0.351 e.